The lowest BCUT2D eigenvalue weighted by molar-refractivity contribution is 0.272. The summed E-state index contributed by atoms with van der Waals surface area (Å²) in [6.45, 7) is 4.11. The van der Waals surface area contributed by atoms with E-state index in [1.54, 1.807) is 11.6 Å². The molecule has 0 aliphatic rings. The van der Waals surface area contributed by atoms with Gasteiger partial charge in [0.1, 0.15) is 0 Å². The van der Waals surface area contributed by atoms with Crippen molar-refractivity contribution in [3.8, 4) is 0 Å². The SMILES string of the molecule is CC(C)CNS(=O)(=O)c1cc(CO)n(C)c1. The fourth-order valence-electron chi connectivity index (χ4n) is 1.24. The summed E-state index contributed by atoms with van der Waals surface area (Å²) >= 11 is 0. The Morgan fingerprint density at radius 1 is 1.50 bits per heavy atom. The fraction of sp³-hybridized carbons (Fsp3) is 0.600. The van der Waals surface area contributed by atoms with Crippen LogP contribution in [0.3, 0.4) is 0 Å². The highest BCUT2D eigenvalue weighted by atomic mass is 32.2. The topological polar surface area (TPSA) is 71.3 Å². The second-order valence-corrected chi connectivity index (χ2v) is 5.95. The number of nitrogens with one attached hydrogen (secondary N) is 1. The summed E-state index contributed by atoms with van der Waals surface area (Å²) in [5.41, 5.74) is 0.574. The van der Waals surface area contributed by atoms with Crippen molar-refractivity contribution in [1.29, 1.82) is 0 Å². The monoisotopic (exact) mass is 246 g/mol. The second-order valence-electron chi connectivity index (χ2n) is 4.18. The molecule has 0 bridgehead atoms. The Morgan fingerprint density at radius 2 is 2.12 bits per heavy atom. The number of sulfonamides is 1. The maximum atomic E-state index is 11.8. The van der Waals surface area contributed by atoms with Crippen molar-refractivity contribution in [2.45, 2.75) is 25.3 Å². The van der Waals surface area contributed by atoms with Crippen LogP contribution in [0.5, 0.6) is 0 Å². The molecule has 0 aliphatic heterocycles. The van der Waals surface area contributed by atoms with E-state index in [9.17, 15) is 8.42 Å². The standard InChI is InChI=1S/C10H18N2O3S/c1-8(2)5-11-16(14,15)10-4-9(7-13)12(3)6-10/h4,6,8,11,13H,5,7H2,1-3H3. The maximum Gasteiger partial charge on any atom is 0.242 e. The van der Waals surface area contributed by atoms with Crippen LogP contribution in [-0.4, -0.2) is 24.6 Å². The van der Waals surface area contributed by atoms with Gasteiger partial charge in [-0.25, -0.2) is 13.1 Å². The number of aliphatic hydroxyl groups is 1. The Bertz CT molecular complexity index is 449. The third-order valence-electron chi connectivity index (χ3n) is 2.24. The van der Waals surface area contributed by atoms with E-state index in [1.165, 1.54) is 12.3 Å². The van der Waals surface area contributed by atoms with Gasteiger partial charge in [0.2, 0.25) is 10.0 Å². The van der Waals surface area contributed by atoms with E-state index in [-0.39, 0.29) is 17.4 Å². The molecule has 1 aromatic heterocycles. The zero-order valence-corrected chi connectivity index (χ0v) is 10.6. The minimum absolute atomic E-state index is 0.170. The number of hydrogen-bond donors (Lipinski definition) is 2. The predicted molar refractivity (Wildman–Crippen MR) is 61.4 cm³/mol. The first-order valence-electron chi connectivity index (χ1n) is 5.12. The normalized spacial score (nSPS) is 12.3. The van der Waals surface area contributed by atoms with Gasteiger partial charge in [0.15, 0.2) is 0 Å². The van der Waals surface area contributed by atoms with Crippen molar-refractivity contribution < 1.29 is 13.5 Å². The van der Waals surface area contributed by atoms with E-state index < -0.39 is 10.0 Å². The van der Waals surface area contributed by atoms with Crippen molar-refractivity contribution in [3.63, 3.8) is 0 Å². The van der Waals surface area contributed by atoms with Crippen molar-refractivity contribution in [1.82, 2.24) is 9.29 Å². The molecule has 0 spiro atoms. The van der Waals surface area contributed by atoms with Crippen molar-refractivity contribution in [2.24, 2.45) is 13.0 Å². The number of aromatic nitrogens is 1. The Morgan fingerprint density at radius 3 is 2.56 bits per heavy atom. The molecule has 1 heterocycles. The molecule has 0 unspecified atom stereocenters. The van der Waals surface area contributed by atoms with Gasteiger partial charge in [-0.1, -0.05) is 13.8 Å². The summed E-state index contributed by atoms with van der Waals surface area (Å²) < 4.78 is 27.7. The molecule has 92 valence electrons. The summed E-state index contributed by atoms with van der Waals surface area (Å²) in [4.78, 5) is 0.194. The van der Waals surface area contributed by atoms with E-state index in [1.807, 2.05) is 13.8 Å². The average Bonchev–Trinajstić information content (AvgIpc) is 2.57. The molecule has 0 radical (unpaired) electrons. The molecule has 5 nitrogen and oxygen atoms in total. The molecule has 0 saturated heterocycles. The average molecular weight is 246 g/mol. The van der Waals surface area contributed by atoms with Gasteiger partial charge in [-0.15, -0.1) is 0 Å². The van der Waals surface area contributed by atoms with Crippen molar-refractivity contribution in [3.05, 3.63) is 18.0 Å². The third-order valence-corrected chi connectivity index (χ3v) is 3.63. The number of nitrogens with zero attached hydrogens (tertiary/aromatic N) is 1. The fourth-order valence-corrected chi connectivity index (χ4v) is 2.55. The lowest BCUT2D eigenvalue weighted by Gasteiger charge is -2.06. The van der Waals surface area contributed by atoms with E-state index in [0.717, 1.165) is 0 Å². The molecule has 0 aliphatic carbocycles. The van der Waals surface area contributed by atoms with Gasteiger partial charge in [-0.2, -0.15) is 0 Å². The summed E-state index contributed by atoms with van der Waals surface area (Å²) in [5, 5.41) is 8.98. The number of aliphatic hydroxyl groups excluding tert-OH is 1. The Hall–Kier alpha value is -0.850. The summed E-state index contributed by atoms with van der Waals surface area (Å²) in [5.74, 6) is 0.260. The van der Waals surface area contributed by atoms with Gasteiger partial charge < -0.3 is 9.67 Å². The van der Waals surface area contributed by atoms with Crippen LogP contribution in [0.4, 0.5) is 0 Å². The molecule has 2 N–H and O–H groups in total. The lowest BCUT2D eigenvalue weighted by Crippen LogP contribution is -2.27. The van der Waals surface area contributed by atoms with Crippen LogP contribution < -0.4 is 4.72 Å². The molecule has 16 heavy (non-hydrogen) atoms. The molecule has 0 atom stereocenters. The Balaban J connectivity index is 2.90. The van der Waals surface area contributed by atoms with Gasteiger partial charge in [-0.05, 0) is 12.0 Å². The Labute approximate surface area is 96.1 Å². The minimum Gasteiger partial charge on any atom is -0.390 e. The first kappa shape index (κ1) is 13.2. The molecule has 1 aromatic rings. The molecule has 0 aromatic carbocycles. The number of aryl methyl sites for hydroxylation is 1. The summed E-state index contributed by atoms with van der Waals surface area (Å²) in [7, 11) is -1.75. The molecule has 6 heteroatoms. The highest BCUT2D eigenvalue weighted by Crippen LogP contribution is 2.13. The molecular weight excluding hydrogens is 228 g/mol. The van der Waals surface area contributed by atoms with E-state index in [0.29, 0.717) is 12.2 Å². The van der Waals surface area contributed by atoms with Crippen LogP contribution in [0, 0.1) is 5.92 Å². The zero-order valence-electron chi connectivity index (χ0n) is 9.77. The van der Waals surface area contributed by atoms with Gasteiger partial charge in [0.05, 0.1) is 11.5 Å². The summed E-state index contributed by atoms with van der Waals surface area (Å²) in [6.07, 6.45) is 1.49. The van der Waals surface area contributed by atoms with Gasteiger partial charge in [-0.3, -0.25) is 0 Å². The van der Waals surface area contributed by atoms with Gasteiger partial charge in [0.25, 0.3) is 0 Å². The smallest absolute Gasteiger partial charge is 0.242 e. The number of hydrogen-bond acceptors (Lipinski definition) is 3. The van der Waals surface area contributed by atoms with Crippen LogP contribution >= 0.6 is 0 Å². The molecule has 0 fully saturated rings. The zero-order chi connectivity index (χ0) is 12.3. The third kappa shape index (κ3) is 3.07. The summed E-state index contributed by atoms with van der Waals surface area (Å²) in [6, 6.07) is 1.47. The first-order chi connectivity index (χ1) is 7.36. The highest BCUT2D eigenvalue weighted by molar-refractivity contribution is 7.89. The lowest BCUT2D eigenvalue weighted by atomic mass is 10.2. The molecular formula is C10H18N2O3S. The molecule has 0 amide bonds. The predicted octanol–water partition coefficient (Wildman–Crippen LogP) is 0.452. The van der Waals surface area contributed by atoms with Crippen molar-refractivity contribution >= 4 is 10.0 Å². The van der Waals surface area contributed by atoms with E-state index in [2.05, 4.69) is 4.72 Å². The van der Waals surface area contributed by atoms with Crippen LogP contribution in [0.25, 0.3) is 0 Å². The molecule has 1 rings (SSSR count). The first-order valence-corrected chi connectivity index (χ1v) is 6.61. The molecule has 0 saturated carbocycles. The minimum atomic E-state index is -3.45. The Kier molecular flexibility index (Phi) is 4.12. The van der Waals surface area contributed by atoms with E-state index in [4.69, 9.17) is 5.11 Å². The number of rotatable bonds is 5. The van der Waals surface area contributed by atoms with E-state index >= 15 is 0 Å². The van der Waals surface area contributed by atoms with Gasteiger partial charge in [0, 0.05) is 25.5 Å². The van der Waals surface area contributed by atoms with Crippen molar-refractivity contribution in [2.75, 3.05) is 6.54 Å². The largest absolute Gasteiger partial charge is 0.390 e. The van der Waals surface area contributed by atoms with Crippen LogP contribution in [0.1, 0.15) is 19.5 Å². The van der Waals surface area contributed by atoms with Crippen LogP contribution in [-0.2, 0) is 23.7 Å². The second kappa shape index (κ2) is 4.99. The van der Waals surface area contributed by atoms with Crippen LogP contribution in [0.15, 0.2) is 17.2 Å². The van der Waals surface area contributed by atoms with Crippen LogP contribution in [0.2, 0.25) is 0 Å². The quantitative estimate of drug-likeness (QED) is 0.792. The highest BCUT2D eigenvalue weighted by Gasteiger charge is 2.17. The maximum absolute atomic E-state index is 11.8. The van der Waals surface area contributed by atoms with Gasteiger partial charge >= 0.3 is 0 Å².